The summed E-state index contributed by atoms with van der Waals surface area (Å²) in [5.41, 5.74) is 4.35. The van der Waals surface area contributed by atoms with E-state index in [1.54, 1.807) is 0 Å². The smallest absolute Gasteiger partial charge is 0.258 e. The highest BCUT2D eigenvalue weighted by Crippen LogP contribution is 2.35. The van der Waals surface area contributed by atoms with E-state index in [0.717, 1.165) is 48.3 Å². The number of hydrogen-bond acceptors (Lipinski definition) is 4. The number of amides is 1. The molecule has 2 aromatic heterocycles. The second-order valence-electron chi connectivity index (χ2n) is 8.10. The average molecular weight is 415 g/mol. The summed E-state index contributed by atoms with van der Waals surface area (Å²) >= 11 is 0. The van der Waals surface area contributed by atoms with Crippen LogP contribution in [0.4, 0.5) is 0 Å². The van der Waals surface area contributed by atoms with Crippen molar-refractivity contribution in [2.24, 2.45) is 0 Å². The molecule has 0 radical (unpaired) electrons. The summed E-state index contributed by atoms with van der Waals surface area (Å²) in [5.74, 6) is -0.371. The Kier molecular flexibility index (Phi) is 4.82. The maximum Gasteiger partial charge on any atom is 0.258 e. The van der Waals surface area contributed by atoms with E-state index < -0.39 is 0 Å². The molecule has 1 saturated heterocycles. The highest BCUT2D eigenvalue weighted by Gasteiger charge is 2.22. The molecule has 0 spiro atoms. The lowest BCUT2D eigenvalue weighted by Crippen LogP contribution is -2.36. The van der Waals surface area contributed by atoms with Crippen LogP contribution >= 0.6 is 0 Å². The third kappa shape index (κ3) is 3.41. The summed E-state index contributed by atoms with van der Waals surface area (Å²) in [6.07, 6.45) is 1.90. The Balaban J connectivity index is 1.54. The molecule has 0 saturated carbocycles. The fraction of sp³-hybridized carbons (Fsp3) is 0.292. The Bertz CT molecular complexity index is 1310. The van der Waals surface area contributed by atoms with E-state index in [4.69, 9.17) is 10.1 Å². The number of benzene rings is 2. The van der Waals surface area contributed by atoms with Crippen molar-refractivity contribution < 1.29 is 9.53 Å². The van der Waals surface area contributed by atoms with E-state index in [9.17, 15) is 4.79 Å². The molecule has 0 unspecified atom stereocenters. The van der Waals surface area contributed by atoms with Gasteiger partial charge in [0.05, 0.1) is 11.2 Å². The van der Waals surface area contributed by atoms with Gasteiger partial charge in [0.2, 0.25) is 5.96 Å². The van der Waals surface area contributed by atoms with Crippen LogP contribution in [0.25, 0.3) is 21.8 Å². The number of ether oxygens (including phenoxy) is 1. The largest absolute Gasteiger partial charge is 0.381 e. The van der Waals surface area contributed by atoms with Gasteiger partial charge in [-0.1, -0.05) is 24.3 Å². The van der Waals surface area contributed by atoms with Gasteiger partial charge in [-0.25, -0.2) is 4.68 Å². The lowest BCUT2D eigenvalue weighted by Gasteiger charge is -2.25. The molecule has 7 nitrogen and oxygen atoms in total. The predicted molar refractivity (Wildman–Crippen MR) is 121 cm³/mol. The number of para-hydroxylation sites is 1. The molecule has 0 bridgehead atoms. The Labute approximate surface area is 180 Å². The maximum atomic E-state index is 13.0. The number of aromatic nitrogens is 3. The number of rotatable bonds is 2. The third-order valence-corrected chi connectivity index (χ3v) is 5.98. The molecule has 7 heteroatoms. The van der Waals surface area contributed by atoms with Crippen LogP contribution in [0.3, 0.4) is 0 Å². The second kappa shape index (κ2) is 7.67. The number of aryl methyl sites for hydroxylation is 2. The lowest BCUT2D eigenvalue weighted by atomic mass is 10.1. The molecule has 1 fully saturated rings. The van der Waals surface area contributed by atoms with Gasteiger partial charge < -0.3 is 9.30 Å². The van der Waals surface area contributed by atoms with Crippen molar-refractivity contribution in [3.05, 3.63) is 65.5 Å². The van der Waals surface area contributed by atoms with E-state index in [1.165, 1.54) is 15.6 Å². The summed E-state index contributed by atoms with van der Waals surface area (Å²) in [5, 5.41) is 17.5. The summed E-state index contributed by atoms with van der Waals surface area (Å²) in [7, 11) is 0. The van der Waals surface area contributed by atoms with Crippen LogP contribution < -0.4 is 5.32 Å². The minimum absolute atomic E-state index is 0.0549. The molecule has 1 aliphatic rings. The van der Waals surface area contributed by atoms with Crippen molar-refractivity contribution >= 4 is 33.7 Å². The zero-order valence-electron chi connectivity index (χ0n) is 17.7. The molecule has 4 aromatic rings. The summed E-state index contributed by atoms with van der Waals surface area (Å²) < 4.78 is 9.36. The normalized spacial score (nSPS) is 14.9. The topological polar surface area (TPSA) is 84.9 Å². The molecule has 0 atom stereocenters. The van der Waals surface area contributed by atoms with E-state index in [-0.39, 0.29) is 11.9 Å². The quantitative estimate of drug-likeness (QED) is 0.381. The van der Waals surface area contributed by atoms with Crippen LogP contribution in [-0.4, -0.2) is 39.4 Å². The van der Waals surface area contributed by atoms with E-state index in [0.29, 0.717) is 11.6 Å². The van der Waals surface area contributed by atoms with Crippen LogP contribution in [0.2, 0.25) is 0 Å². The molecular formula is C24H25N5O2. The lowest BCUT2D eigenvalue weighted by molar-refractivity contribution is 0.0717. The van der Waals surface area contributed by atoms with Crippen LogP contribution in [0.15, 0.2) is 48.5 Å². The van der Waals surface area contributed by atoms with Gasteiger partial charge in [-0.3, -0.25) is 15.5 Å². The Morgan fingerprint density at radius 2 is 1.81 bits per heavy atom. The van der Waals surface area contributed by atoms with E-state index in [2.05, 4.69) is 33.2 Å². The van der Waals surface area contributed by atoms with Crippen molar-refractivity contribution in [1.82, 2.24) is 19.7 Å². The molecule has 1 amide bonds. The highest BCUT2D eigenvalue weighted by atomic mass is 16.5. The SMILES string of the molecule is Cc1cc(C)n(C(=N)NC(=O)c2ccc3c4ccccc4n(C4CCOCC4)c3c2)n1. The van der Waals surface area contributed by atoms with Crippen molar-refractivity contribution in [2.45, 2.75) is 32.7 Å². The number of nitrogens with one attached hydrogen (secondary N) is 2. The first-order valence-electron chi connectivity index (χ1n) is 10.6. The Morgan fingerprint density at radius 1 is 1.06 bits per heavy atom. The number of hydrogen-bond donors (Lipinski definition) is 2. The zero-order valence-corrected chi connectivity index (χ0v) is 17.7. The standard InChI is InChI=1S/C24H25N5O2/c1-15-13-16(2)29(27-15)24(25)26-23(30)17-7-8-20-19-5-3-4-6-21(19)28(22(20)14-17)18-9-11-31-12-10-18/h3-8,13-14,18H,9-12H2,1-2H3,(H2,25,26,30). The summed E-state index contributed by atoms with van der Waals surface area (Å²) in [4.78, 5) is 13.0. The van der Waals surface area contributed by atoms with Crippen LogP contribution in [0.1, 0.15) is 40.6 Å². The number of carbonyl (C=O) groups excluding carboxylic acids is 1. The molecule has 2 aromatic carbocycles. The Morgan fingerprint density at radius 3 is 2.55 bits per heavy atom. The van der Waals surface area contributed by atoms with E-state index >= 15 is 0 Å². The molecule has 158 valence electrons. The summed E-state index contributed by atoms with van der Waals surface area (Å²) in [6, 6.07) is 16.4. The monoisotopic (exact) mass is 415 g/mol. The molecule has 5 rings (SSSR count). The number of nitrogens with zero attached hydrogens (tertiary/aromatic N) is 3. The van der Waals surface area contributed by atoms with Crippen molar-refractivity contribution in [3.8, 4) is 0 Å². The molecule has 1 aliphatic heterocycles. The highest BCUT2D eigenvalue weighted by molar-refractivity contribution is 6.12. The number of carbonyl (C=O) groups is 1. The Hall–Kier alpha value is -3.45. The minimum Gasteiger partial charge on any atom is -0.381 e. The first-order chi connectivity index (χ1) is 15.0. The third-order valence-electron chi connectivity index (χ3n) is 5.98. The molecule has 3 heterocycles. The van der Waals surface area contributed by atoms with E-state index in [1.807, 2.05) is 44.2 Å². The molecular weight excluding hydrogens is 390 g/mol. The van der Waals surface area contributed by atoms with Gasteiger partial charge in [-0.2, -0.15) is 5.10 Å². The minimum atomic E-state index is -0.316. The van der Waals surface area contributed by atoms with Gasteiger partial charge in [-0.15, -0.1) is 0 Å². The van der Waals surface area contributed by atoms with Crippen LogP contribution in [0.5, 0.6) is 0 Å². The van der Waals surface area contributed by atoms with Gasteiger partial charge >= 0.3 is 0 Å². The summed E-state index contributed by atoms with van der Waals surface area (Å²) in [6.45, 7) is 5.22. The van der Waals surface area contributed by atoms with Gasteiger partial charge in [-0.05, 0) is 51.0 Å². The second-order valence-corrected chi connectivity index (χ2v) is 8.10. The average Bonchev–Trinajstić information content (AvgIpc) is 3.30. The predicted octanol–water partition coefficient (Wildman–Crippen LogP) is 4.17. The fourth-order valence-corrected chi connectivity index (χ4v) is 4.57. The van der Waals surface area contributed by atoms with Gasteiger partial charge in [0.1, 0.15) is 0 Å². The maximum absolute atomic E-state index is 13.0. The van der Waals surface area contributed by atoms with Gasteiger partial charge in [0.25, 0.3) is 5.91 Å². The fourth-order valence-electron chi connectivity index (χ4n) is 4.57. The van der Waals surface area contributed by atoms with Crippen molar-refractivity contribution in [2.75, 3.05) is 13.2 Å². The van der Waals surface area contributed by atoms with Crippen LogP contribution in [0, 0.1) is 19.3 Å². The van der Waals surface area contributed by atoms with Gasteiger partial charge in [0, 0.05) is 46.8 Å². The number of fused-ring (bicyclic) bond motifs is 3. The first-order valence-corrected chi connectivity index (χ1v) is 10.6. The molecule has 31 heavy (non-hydrogen) atoms. The first kappa shape index (κ1) is 19.5. The van der Waals surface area contributed by atoms with Crippen LogP contribution in [-0.2, 0) is 4.74 Å². The van der Waals surface area contributed by atoms with Crippen molar-refractivity contribution in [1.29, 1.82) is 5.41 Å². The van der Waals surface area contributed by atoms with Crippen molar-refractivity contribution in [3.63, 3.8) is 0 Å². The van der Waals surface area contributed by atoms with Gasteiger partial charge in [0.15, 0.2) is 0 Å². The molecule has 0 aliphatic carbocycles. The molecule has 2 N–H and O–H groups in total. The zero-order chi connectivity index (χ0) is 21.5.